The molecular weight excluding hydrogens is 353 g/mol. The molecule has 0 aliphatic heterocycles. The molecule has 1 aromatic carbocycles. The smallest absolute Gasteiger partial charge is 0.0593 e. The molecule has 0 saturated carbocycles. The third-order valence-electron chi connectivity index (χ3n) is 2.31. The zero-order valence-corrected chi connectivity index (χ0v) is 11.6. The number of hydrogen-bond donors (Lipinski definition) is 1. The quantitative estimate of drug-likeness (QED) is 0.757. The summed E-state index contributed by atoms with van der Waals surface area (Å²) in [4.78, 5) is 3.34. The summed E-state index contributed by atoms with van der Waals surface area (Å²) in [5.74, 6) is 0. The summed E-state index contributed by atoms with van der Waals surface area (Å²) in [7, 11) is 0. The Morgan fingerprint density at radius 3 is 2.93 bits per heavy atom. The van der Waals surface area contributed by atoms with Crippen LogP contribution in [0, 0.1) is 3.57 Å². The summed E-state index contributed by atoms with van der Waals surface area (Å²) in [6.45, 7) is 2.21. The molecule has 0 aliphatic rings. The molecule has 74 valence electrons. The third-order valence-corrected chi connectivity index (χ3v) is 3.62. The van der Waals surface area contributed by atoms with Crippen LogP contribution in [0.4, 0.5) is 0 Å². The van der Waals surface area contributed by atoms with Crippen molar-refractivity contribution in [2.75, 3.05) is 0 Å². The van der Waals surface area contributed by atoms with Crippen LogP contribution in [0.25, 0.3) is 10.9 Å². The minimum atomic E-state index is 1.15. The molecular formula is C11H11BrIN. The van der Waals surface area contributed by atoms with Crippen molar-refractivity contribution in [2.24, 2.45) is 0 Å². The number of benzene rings is 1. The Morgan fingerprint density at radius 1 is 1.43 bits per heavy atom. The zero-order chi connectivity index (χ0) is 10.1. The molecule has 3 heteroatoms. The van der Waals surface area contributed by atoms with Crippen molar-refractivity contribution in [2.45, 2.75) is 19.8 Å². The van der Waals surface area contributed by atoms with Gasteiger partial charge >= 0.3 is 0 Å². The van der Waals surface area contributed by atoms with E-state index in [0.29, 0.717) is 0 Å². The summed E-state index contributed by atoms with van der Waals surface area (Å²) in [6.07, 6.45) is 4.46. The summed E-state index contributed by atoms with van der Waals surface area (Å²) >= 11 is 5.90. The van der Waals surface area contributed by atoms with Crippen molar-refractivity contribution in [3.05, 3.63) is 31.9 Å². The Hall–Kier alpha value is -0.0300. The predicted molar refractivity (Wildman–Crippen MR) is 72.7 cm³/mol. The number of H-pyrrole nitrogens is 1. The molecule has 1 heterocycles. The summed E-state index contributed by atoms with van der Waals surface area (Å²) in [6, 6.07) is 4.33. The molecule has 1 nitrogen and oxygen atoms in total. The molecule has 14 heavy (non-hydrogen) atoms. The van der Waals surface area contributed by atoms with Gasteiger partial charge in [-0.25, -0.2) is 0 Å². The van der Waals surface area contributed by atoms with Gasteiger partial charge in [-0.2, -0.15) is 0 Å². The lowest BCUT2D eigenvalue weighted by Crippen LogP contribution is -1.81. The normalized spacial score (nSPS) is 11.1. The number of aryl methyl sites for hydroxylation is 1. The Morgan fingerprint density at radius 2 is 2.21 bits per heavy atom. The molecule has 2 rings (SSSR count). The van der Waals surface area contributed by atoms with E-state index in [2.05, 4.69) is 68.8 Å². The number of aromatic nitrogens is 1. The van der Waals surface area contributed by atoms with Crippen LogP contribution in [0.5, 0.6) is 0 Å². The standard InChI is InChI=1S/C11H11BrIN/c1-2-3-7-6-14-11-9(7)4-8(12)5-10(11)13/h4-6,14H,2-3H2,1H3. The maximum atomic E-state index is 3.53. The van der Waals surface area contributed by atoms with Gasteiger partial charge in [0.25, 0.3) is 0 Å². The molecule has 0 atom stereocenters. The van der Waals surface area contributed by atoms with Crippen LogP contribution in [-0.2, 0) is 6.42 Å². The Kier molecular flexibility index (Phi) is 3.17. The lowest BCUT2D eigenvalue weighted by molar-refractivity contribution is 0.929. The van der Waals surface area contributed by atoms with Crippen molar-refractivity contribution in [1.82, 2.24) is 4.98 Å². The first-order valence-corrected chi connectivity index (χ1v) is 6.54. The van der Waals surface area contributed by atoms with Gasteiger partial charge in [0.2, 0.25) is 0 Å². The highest BCUT2D eigenvalue weighted by atomic mass is 127. The van der Waals surface area contributed by atoms with Gasteiger partial charge in [0.1, 0.15) is 0 Å². The highest BCUT2D eigenvalue weighted by molar-refractivity contribution is 14.1. The lowest BCUT2D eigenvalue weighted by Gasteiger charge is -1.99. The molecule has 2 aromatic rings. The van der Waals surface area contributed by atoms with Crippen LogP contribution in [0.3, 0.4) is 0 Å². The van der Waals surface area contributed by atoms with Crippen molar-refractivity contribution in [1.29, 1.82) is 0 Å². The molecule has 1 aromatic heterocycles. The van der Waals surface area contributed by atoms with E-state index in [9.17, 15) is 0 Å². The maximum Gasteiger partial charge on any atom is 0.0593 e. The number of rotatable bonds is 2. The first kappa shape index (κ1) is 10.5. The average Bonchev–Trinajstić information content (AvgIpc) is 2.49. The molecule has 0 radical (unpaired) electrons. The number of hydrogen-bond acceptors (Lipinski definition) is 0. The molecule has 0 unspecified atom stereocenters. The Balaban J connectivity index is 2.66. The topological polar surface area (TPSA) is 15.8 Å². The van der Waals surface area contributed by atoms with Crippen LogP contribution < -0.4 is 0 Å². The van der Waals surface area contributed by atoms with Gasteiger partial charge in [-0.15, -0.1) is 0 Å². The molecule has 0 fully saturated rings. The summed E-state index contributed by atoms with van der Waals surface area (Å²) < 4.78 is 2.43. The van der Waals surface area contributed by atoms with Gasteiger partial charge < -0.3 is 4.98 Å². The minimum absolute atomic E-state index is 1.15. The van der Waals surface area contributed by atoms with Crippen LogP contribution in [0.2, 0.25) is 0 Å². The highest BCUT2D eigenvalue weighted by Crippen LogP contribution is 2.28. The molecule has 0 aliphatic carbocycles. The second kappa shape index (κ2) is 4.23. The molecule has 0 amide bonds. The molecule has 1 N–H and O–H groups in total. The highest BCUT2D eigenvalue weighted by Gasteiger charge is 2.06. The first-order valence-electron chi connectivity index (χ1n) is 4.67. The van der Waals surface area contributed by atoms with Gasteiger partial charge in [0, 0.05) is 19.6 Å². The monoisotopic (exact) mass is 363 g/mol. The number of aromatic amines is 1. The number of nitrogens with one attached hydrogen (secondary N) is 1. The van der Waals surface area contributed by atoms with Crippen LogP contribution in [-0.4, -0.2) is 4.98 Å². The van der Waals surface area contributed by atoms with Crippen LogP contribution >= 0.6 is 38.5 Å². The molecule has 0 spiro atoms. The van der Waals surface area contributed by atoms with Gasteiger partial charge in [-0.1, -0.05) is 29.3 Å². The van der Waals surface area contributed by atoms with E-state index in [1.54, 1.807) is 0 Å². The SMILES string of the molecule is CCCc1c[nH]c2c(I)cc(Br)cc12. The Bertz CT molecular complexity index is 462. The third kappa shape index (κ3) is 1.84. The number of fused-ring (bicyclic) bond motifs is 1. The average molecular weight is 364 g/mol. The van der Waals surface area contributed by atoms with E-state index in [-0.39, 0.29) is 0 Å². The Labute approximate surface area is 106 Å². The summed E-state index contributed by atoms with van der Waals surface area (Å²) in [5, 5.41) is 1.35. The van der Waals surface area contributed by atoms with Gasteiger partial charge in [-0.3, -0.25) is 0 Å². The van der Waals surface area contributed by atoms with Crippen LogP contribution in [0.1, 0.15) is 18.9 Å². The fourth-order valence-corrected chi connectivity index (χ4v) is 3.35. The van der Waals surface area contributed by atoms with Crippen molar-refractivity contribution < 1.29 is 0 Å². The summed E-state index contributed by atoms with van der Waals surface area (Å²) in [5.41, 5.74) is 2.68. The second-order valence-electron chi connectivity index (χ2n) is 3.37. The largest absolute Gasteiger partial charge is 0.360 e. The van der Waals surface area contributed by atoms with Gasteiger partial charge in [-0.05, 0) is 46.7 Å². The van der Waals surface area contributed by atoms with E-state index in [1.807, 2.05) is 0 Å². The zero-order valence-electron chi connectivity index (χ0n) is 7.90. The van der Waals surface area contributed by atoms with Gasteiger partial charge in [0.15, 0.2) is 0 Å². The van der Waals surface area contributed by atoms with E-state index in [1.165, 1.54) is 26.5 Å². The maximum absolute atomic E-state index is 3.53. The van der Waals surface area contributed by atoms with Crippen molar-refractivity contribution >= 4 is 49.4 Å². The van der Waals surface area contributed by atoms with E-state index in [0.717, 1.165) is 10.9 Å². The fraction of sp³-hybridized carbons (Fsp3) is 0.273. The van der Waals surface area contributed by atoms with E-state index >= 15 is 0 Å². The predicted octanol–water partition coefficient (Wildman–Crippen LogP) is 4.49. The fourth-order valence-electron chi connectivity index (χ4n) is 1.69. The molecule has 0 saturated heterocycles. The van der Waals surface area contributed by atoms with Crippen molar-refractivity contribution in [3.63, 3.8) is 0 Å². The van der Waals surface area contributed by atoms with E-state index < -0.39 is 0 Å². The van der Waals surface area contributed by atoms with Gasteiger partial charge in [0.05, 0.1) is 5.52 Å². The lowest BCUT2D eigenvalue weighted by atomic mass is 10.1. The van der Waals surface area contributed by atoms with Crippen LogP contribution in [0.15, 0.2) is 22.8 Å². The number of halogens is 2. The first-order chi connectivity index (χ1) is 6.72. The minimum Gasteiger partial charge on any atom is -0.360 e. The van der Waals surface area contributed by atoms with E-state index in [4.69, 9.17) is 0 Å². The van der Waals surface area contributed by atoms with Crippen molar-refractivity contribution in [3.8, 4) is 0 Å². The second-order valence-corrected chi connectivity index (χ2v) is 5.45. The molecule has 0 bridgehead atoms.